The van der Waals surface area contributed by atoms with Gasteiger partial charge >= 0.3 is 5.97 Å². The monoisotopic (exact) mass is 274 g/mol. The summed E-state index contributed by atoms with van der Waals surface area (Å²) in [7, 11) is 0. The number of hydrogen-bond acceptors (Lipinski definition) is 3. The van der Waals surface area contributed by atoms with E-state index in [1.54, 1.807) is 0 Å². The largest absolute Gasteiger partial charge is 0.458 e. The van der Waals surface area contributed by atoms with E-state index < -0.39 is 0 Å². The molecule has 3 heteroatoms. The van der Waals surface area contributed by atoms with Gasteiger partial charge in [-0.15, -0.1) is 0 Å². The van der Waals surface area contributed by atoms with E-state index in [0.717, 1.165) is 12.3 Å². The number of carbonyl (C=O) groups is 1. The van der Waals surface area contributed by atoms with E-state index in [2.05, 4.69) is 26.0 Å². The summed E-state index contributed by atoms with van der Waals surface area (Å²) < 4.78 is 12.1. The third-order valence-electron chi connectivity index (χ3n) is 7.19. The minimum atomic E-state index is -0.0352. The summed E-state index contributed by atoms with van der Waals surface area (Å²) in [6, 6.07) is 0. The van der Waals surface area contributed by atoms with Crippen molar-refractivity contribution >= 4 is 5.97 Å². The van der Waals surface area contributed by atoms with Crippen molar-refractivity contribution in [2.24, 2.45) is 22.7 Å². The SMILES string of the molecule is CC12CC34C=C[C@H]5OC(=O)CC[C@@]5(C)C3C(CC1C4)O2. The first kappa shape index (κ1) is 11.8. The number of hydrogen-bond donors (Lipinski definition) is 0. The molecular formula is C17H22O3. The minimum absolute atomic E-state index is 0.0347. The highest BCUT2D eigenvalue weighted by molar-refractivity contribution is 5.71. The van der Waals surface area contributed by atoms with Gasteiger partial charge in [-0.05, 0) is 50.0 Å². The van der Waals surface area contributed by atoms with Crippen molar-refractivity contribution in [3.63, 3.8) is 0 Å². The lowest BCUT2D eigenvalue weighted by Gasteiger charge is -2.59. The summed E-state index contributed by atoms with van der Waals surface area (Å²) in [5, 5.41) is 0. The molecule has 0 radical (unpaired) electrons. The summed E-state index contributed by atoms with van der Waals surface area (Å²) in [4.78, 5) is 11.6. The fourth-order valence-electron chi connectivity index (χ4n) is 6.53. The fraction of sp³-hybridized carbons (Fsp3) is 0.824. The van der Waals surface area contributed by atoms with Crippen LogP contribution in [0.15, 0.2) is 12.2 Å². The third-order valence-corrected chi connectivity index (χ3v) is 7.19. The van der Waals surface area contributed by atoms with Crippen LogP contribution < -0.4 is 0 Å². The van der Waals surface area contributed by atoms with E-state index in [1.165, 1.54) is 19.3 Å². The van der Waals surface area contributed by atoms with Crippen molar-refractivity contribution < 1.29 is 14.3 Å². The maximum absolute atomic E-state index is 11.6. The van der Waals surface area contributed by atoms with E-state index in [4.69, 9.17) is 9.47 Å². The maximum atomic E-state index is 11.6. The molecule has 0 aromatic carbocycles. The Kier molecular flexibility index (Phi) is 1.86. The first-order chi connectivity index (χ1) is 9.45. The van der Waals surface area contributed by atoms with Crippen molar-refractivity contribution in [2.45, 2.75) is 63.8 Å². The number of allylic oxidation sites excluding steroid dienone is 1. The normalized spacial score (nSPS) is 62.2. The Hall–Kier alpha value is -0.830. The second-order valence-corrected chi connectivity index (χ2v) is 8.27. The molecule has 3 saturated heterocycles. The minimum Gasteiger partial charge on any atom is -0.458 e. The molecular weight excluding hydrogens is 252 g/mol. The van der Waals surface area contributed by atoms with E-state index in [0.29, 0.717) is 23.9 Å². The lowest BCUT2D eigenvalue weighted by atomic mass is 9.50. The highest BCUT2D eigenvalue weighted by Gasteiger charge is 2.72. The Morgan fingerprint density at radius 2 is 2.20 bits per heavy atom. The van der Waals surface area contributed by atoms with Crippen LogP contribution in [0.5, 0.6) is 0 Å². The van der Waals surface area contributed by atoms with Crippen LogP contribution in [0.2, 0.25) is 0 Å². The Bertz CT molecular complexity index is 540. The molecule has 3 nitrogen and oxygen atoms in total. The van der Waals surface area contributed by atoms with E-state index in [1.807, 2.05) is 0 Å². The van der Waals surface area contributed by atoms with Crippen molar-refractivity contribution in [2.75, 3.05) is 0 Å². The lowest BCUT2D eigenvalue weighted by molar-refractivity contribution is -0.203. The van der Waals surface area contributed by atoms with Crippen LogP contribution in [0.25, 0.3) is 0 Å². The molecule has 0 aromatic heterocycles. The topological polar surface area (TPSA) is 35.5 Å². The summed E-state index contributed by atoms with van der Waals surface area (Å²) in [6.07, 6.45) is 10.1. The molecule has 7 atom stereocenters. The van der Waals surface area contributed by atoms with E-state index in [9.17, 15) is 4.79 Å². The zero-order chi connectivity index (χ0) is 13.8. The zero-order valence-electron chi connectivity index (χ0n) is 12.2. The van der Waals surface area contributed by atoms with Gasteiger partial charge in [-0.1, -0.05) is 13.0 Å². The smallest absolute Gasteiger partial charge is 0.306 e. The molecule has 1 spiro atoms. The molecule has 0 aromatic rings. The molecule has 3 heterocycles. The van der Waals surface area contributed by atoms with Crippen molar-refractivity contribution in [1.82, 2.24) is 0 Å². The van der Waals surface area contributed by atoms with Gasteiger partial charge in [-0.3, -0.25) is 4.79 Å². The van der Waals surface area contributed by atoms with Gasteiger partial charge in [0, 0.05) is 17.8 Å². The first-order valence-corrected chi connectivity index (χ1v) is 8.02. The van der Waals surface area contributed by atoms with Crippen molar-refractivity contribution in [3.05, 3.63) is 12.2 Å². The van der Waals surface area contributed by atoms with Gasteiger partial charge in [0.25, 0.3) is 0 Å². The Morgan fingerprint density at radius 3 is 3.00 bits per heavy atom. The molecule has 6 rings (SSSR count). The molecule has 6 aliphatic rings. The Balaban J connectivity index is 1.64. The summed E-state index contributed by atoms with van der Waals surface area (Å²) >= 11 is 0. The van der Waals surface area contributed by atoms with Crippen molar-refractivity contribution in [3.8, 4) is 0 Å². The van der Waals surface area contributed by atoms with Gasteiger partial charge in [-0.2, -0.15) is 0 Å². The first-order valence-electron chi connectivity index (χ1n) is 8.02. The standard InChI is InChI=1S/C17H22O3/c1-15-5-4-13(18)19-12(15)3-6-17-8-10-7-11(14(15)17)20-16(10,2)9-17/h3,6,10-12,14H,4-5,7-9H2,1-2H3/t10?,11?,12-,14?,15-,16?,17?/m1/s1. The van der Waals surface area contributed by atoms with Crippen LogP contribution >= 0.6 is 0 Å². The van der Waals surface area contributed by atoms with Crippen LogP contribution in [0, 0.1) is 22.7 Å². The van der Waals surface area contributed by atoms with Crippen LogP contribution in [-0.2, 0) is 14.3 Å². The van der Waals surface area contributed by atoms with Gasteiger partial charge in [0.1, 0.15) is 6.10 Å². The lowest BCUT2D eigenvalue weighted by Crippen LogP contribution is -2.59. The number of esters is 1. The quantitative estimate of drug-likeness (QED) is 0.503. The second-order valence-electron chi connectivity index (χ2n) is 8.27. The van der Waals surface area contributed by atoms with Crippen LogP contribution in [0.1, 0.15) is 46.0 Å². The summed E-state index contributed by atoms with van der Waals surface area (Å²) in [5.41, 5.74) is 0.500. The maximum Gasteiger partial charge on any atom is 0.306 e. The Morgan fingerprint density at radius 1 is 1.35 bits per heavy atom. The van der Waals surface area contributed by atoms with Gasteiger partial charge in [0.15, 0.2) is 0 Å². The van der Waals surface area contributed by atoms with Gasteiger partial charge in [0.2, 0.25) is 0 Å². The average molecular weight is 274 g/mol. The molecule has 3 aliphatic carbocycles. The van der Waals surface area contributed by atoms with Crippen molar-refractivity contribution in [1.29, 1.82) is 0 Å². The van der Waals surface area contributed by atoms with Gasteiger partial charge in [-0.25, -0.2) is 0 Å². The molecule has 0 N–H and O–H groups in total. The molecule has 4 bridgehead atoms. The number of fused-ring (bicyclic) bond motifs is 1. The van der Waals surface area contributed by atoms with Crippen LogP contribution in [-0.4, -0.2) is 23.8 Å². The third kappa shape index (κ3) is 1.13. The average Bonchev–Trinajstić information content (AvgIpc) is 2.73. The number of ether oxygens (including phenoxy) is 2. The summed E-state index contributed by atoms with van der Waals surface area (Å²) in [5.74, 6) is 1.23. The number of carbonyl (C=O) groups excluding carboxylic acids is 1. The molecule has 3 aliphatic heterocycles. The van der Waals surface area contributed by atoms with Crippen LogP contribution in [0.3, 0.4) is 0 Å². The highest BCUT2D eigenvalue weighted by Crippen LogP contribution is 2.72. The van der Waals surface area contributed by atoms with E-state index >= 15 is 0 Å². The molecule has 2 saturated carbocycles. The predicted octanol–water partition coefficient (Wildman–Crippen LogP) is 2.84. The Labute approximate surface area is 119 Å². The molecule has 5 unspecified atom stereocenters. The van der Waals surface area contributed by atoms with Crippen LogP contribution in [0.4, 0.5) is 0 Å². The zero-order valence-corrected chi connectivity index (χ0v) is 12.2. The number of rotatable bonds is 0. The molecule has 108 valence electrons. The van der Waals surface area contributed by atoms with Gasteiger partial charge in [0.05, 0.1) is 11.7 Å². The molecule has 5 fully saturated rings. The predicted molar refractivity (Wildman–Crippen MR) is 72.9 cm³/mol. The van der Waals surface area contributed by atoms with E-state index in [-0.39, 0.29) is 23.1 Å². The van der Waals surface area contributed by atoms with Gasteiger partial charge < -0.3 is 9.47 Å². The summed E-state index contributed by atoms with van der Waals surface area (Å²) in [6.45, 7) is 4.64. The fourth-order valence-corrected chi connectivity index (χ4v) is 6.53. The molecule has 20 heavy (non-hydrogen) atoms. The molecule has 0 amide bonds. The highest BCUT2D eigenvalue weighted by atomic mass is 16.5. The second kappa shape index (κ2) is 3.16.